The minimum absolute atomic E-state index is 0.145. The molecule has 2 aliphatic carbocycles. The monoisotopic (exact) mass is 468 g/mol. The number of aliphatic hydroxyl groups is 2. The number of hydrogen-bond donors (Lipinski definition) is 2. The second kappa shape index (κ2) is 8.83. The van der Waals surface area contributed by atoms with Gasteiger partial charge in [0.25, 0.3) is 0 Å². The Labute approximate surface area is 194 Å². The van der Waals surface area contributed by atoms with Crippen LogP contribution in [0.25, 0.3) is 0 Å². The first-order chi connectivity index (χ1) is 14.8. The molecule has 186 valence electrons. The van der Waals surface area contributed by atoms with Crippen LogP contribution in [0.15, 0.2) is 11.6 Å². The normalized spacial score (nSPS) is 32.5. The maximum atomic E-state index is 12.9. The lowest BCUT2D eigenvalue weighted by Gasteiger charge is -2.55. The summed E-state index contributed by atoms with van der Waals surface area (Å²) in [6.07, 6.45) is 0.413. The zero-order valence-corrected chi connectivity index (χ0v) is 20.7. The third kappa shape index (κ3) is 5.30. The number of esters is 3. The molecule has 2 rings (SSSR count). The van der Waals surface area contributed by atoms with Crippen molar-refractivity contribution in [2.24, 2.45) is 11.3 Å². The van der Waals surface area contributed by atoms with E-state index in [4.69, 9.17) is 14.2 Å². The van der Waals surface area contributed by atoms with Crippen LogP contribution >= 0.6 is 0 Å². The summed E-state index contributed by atoms with van der Waals surface area (Å²) in [7, 11) is 0. The van der Waals surface area contributed by atoms with Gasteiger partial charge in [0.2, 0.25) is 0 Å². The molecule has 9 heteroatoms. The maximum absolute atomic E-state index is 12.9. The van der Waals surface area contributed by atoms with Crippen LogP contribution in [0, 0.1) is 11.3 Å². The Hall–Kier alpha value is -2.26. The highest BCUT2D eigenvalue weighted by molar-refractivity contribution is 5.98. The Morgan fingerprint density at radius 3 is 2.18 bits per heavy atom. The SMILES string of the molecule is CC(=O)O[C@@H](C)[C@@](C)(O)C(=O)O[C@@H]1CC[C@]2(C)CC(=O)C(C(C)(C)O)=C[C@H]2[C@]1(C)OC(C)=O. The topological polar surface area (TPSA) is 136 Å². The van der Waals surface area contributed by atoms with Gasteiger partial charge in [-0.1, -0.05) is 13.0 Å². The highest BCUT2D eigenvalue weighted by Gasteiger charge is 2.60. The van der Waals surface area contributed by atoms with Gasteiger partial charge in [0.1, 0.15) is 12.2 Å². The fourth-order valence-corrected chi connectivity index (χ4v) is 5.02. The zero-order valence-electron chi connectivity index (χ0n) is 20.7. The van der Waals surface area contributed by atoms with Crippen LogP contribution < -0.4 is 0 Å². The molecule has 1 saturated carbocycles. The number of fused-ring (bicyclic) bond motifs is 1. The predicted octanol–water partition coefficient (Wildman–Crippen LogP) is 2.01. The van der Waals surface area contributed by atoms with E-state index in [0.717, 1.165) is 6.92 Å². The summed E-state index contributed by atoms with van der Waals surface area (Å²) < 4.78 is 16.4. The molecule has 0 saturated heterocycles. The van der Waals surface area contributed by atoms with E-state index in [-0.39, 0.29) is 24.2 Å². The van der Waals surface area contributed by atoms with Gasteiger partial charge >= 0.3 is 17.9 Å². The molecule has 0 aromatic heterocycles. The number of ether oxygens (including phenoxy) is 3. The van der Waals surface area contributed by atoms with E-state index in [1.807, 2.05) is 6.92 Å². The highest BCUT2D eigenvalue weighted by Crippen LogP contribution is 2.55. The lowest BCUT2D eigenvalue weighted by molar-refractivity contribution is -0.223. The average molecular weight is 469 g/mol. The molecule has 0 bridgehead atoms. The Morgan fingerprint density at radius 2 is 1.70 bits per heavy atom. The minimum atomic E-state index is -2.14. The summed E-state index contributed by atoms with van der Waals surface area (Å²) in [5, 5.41) is 21.2. The van der Waals surface area contributed by atoms with E-state index in [2.05, 4.69) is 0 Å². The summed E-state index contributed by atoms with van der Waals surface area (Å²) in [6.45, 7) is 11.5. The lowest BCUT2D eigenvalue weighted by atomic mass is 9.54. The van der Waals surface area contributed by atoms with Crippen LogP contribution in [-0.2, 0) is 33.4 Å². The highest BCUT2D eigenvalue weighted by atomic mass is 16.6. The minimum Gasteiger partial charge on any atom is -0.459 e. The van der Waals surface area contributed by atoms with Crippen molar-refractivity contribution in [1.82, 2.24) is 0 Å². The molecule has 33 heavy (non-hydrogen) atoms. The third-order valence-corrected chi connectivity index (χ3v) is 7.00. The zero-order chi connectivity index (χ0) is 25.6. The number of carbonyl (C=O) groups excluding carboxylic acids is 4. The Balaban J connectivity index is 2.48. The molecule has 6 atom stereocenters. The molecular weight excluding hydrogens is 432 g/mol. The van der Waals surface area contributed by atoms with Crippen LogP contribution in [0.4, 0.5) is 0 Å². The van der Waals surface area contributed by atoms with E-state index in [1.54, 1.807) is 13.0 Å². The van der Waals surface area contributed by atoms with Crippen LogP contribution in [0.1, 0.15) is 74.7 Å². The molecule has 1 fully saturated rings. The summed E-state index contributed by atoms with van der Waals surface area (Å²) in [5.41, 5.74) is -5.28. The first-order valence-electron chi connectivity index (χ1n) is 11.1. The molecule has 0 heterocycles. The number of ketones is 1. The fourth-order valence-electron chi connectivity index (χ4n) is 5.02. The van der Waals surface area contributed by atoms with Gasteiger partial charge in [-0.25, -0.2) is 4.79 Å². The fraction of sp³-hybridized carbons (Fsp3) is 0.750. The van der Waals surface area contributed by atoms with Gasteiger partial charge in [0.15, 0.2) is 17.0 Å². The van der Waals surface area contributed by atoms with Crippen LogP contribution in [0.5, 0.6) is 0 Å². The predicted molar refractivity (Wildman–Crippen MR) is 117 cm³/mol. The van der Waals surface area contributed by atoms with Crippen LogP contribution in [0.2, 0.25) is 0 Å². The average Bonchev–Trinajstić information content (AvgIpc) is 2.61. The standard InChI is InChI=1S/C24H36O9/c1-13(31-14(2)25)23(7,30)20(28)32-19-9-10-22(6)12-17(27)16(21(4,5)29)11-18(22)24(19,8)33-15(3)26/h11,13,18-19,29-30H,9-10,12H2,1-8H3/t13-,18+,19+,22+,23+,24-/m0/s1. The number of Topliss-reactive ketones (excluding diaryl/α,β-unsaturated/α-hetero) is 1. The lowest BCUT2D eigenvalue weighted by Crippen LogP contribution is -2.62. The van der Waals surface area contributed by atoms with E-state index in [9.17, 15) is 29.4 Å². The molecule has 0 amide bonds. The van der Waals surface area contributed by atoms with Crippen LogP contribution in [0.3, 0.4) is 0 Å². The third-order valence-electron chi connectivity index (χ3n) is 7.00. The molecule has 0 radical (unpaired) electrons. The number of hydrogen-bond acceptors (Lipinski definition) is 9. The number of carbonyl (C=O) groups is 4. The van der Waals surface area contributed by atoms with E-state index in [1.165, 1.54) is 34.6 Å². The van der Waals surface area contributed by atoms with Crippen molar-refractivity contribution >= 4 is 23.7 Å². The smallest absolute Gasteiger partial charge is 0.342 e. The van der Waals surface area contributed by atoms with Crippen LogP contribution in [-0.4, -0.2) is 62.9 Å². The van der Waals surface area contributed by atoms with Crippen molar-refractivity contribution in [2.75, 3.05) is 0 Å². The van der Waals surface area contributed by atoms with Crippen molar-refractivity contribution in [2.45, 2.75) is 104 Å². The quantitative estimate of drug-likeness (QED) is 0.443. The van der Waals surface area contributed by atoms with Crippen molar-refractivity contribution in [1.29, 1.82) is 0 Å². The van der Waals surface area contributed by atoms with Gasteiger partial charge < -0.3 is 24.4 Å². The van der Waals surface area contributed by atoms with E-state index in [0.29, 0.717) is 6.42 Å². The van der Waals surface area contributed by atoms with Crippen molar-refractivity contribution in [3.63, 3.8) is 0 Å². The Bertz CT molecular complexity index is 866. The molecule has 0 spiro atoms. The molecule has 0 aliphatic heterocycles. The summed E-state index contributed by atoms with van der Waals surface area (Å²) in [5.74, 6) is -3.01. The molecule has 0 aromatic carbocycles. The van der Waals surface area contributed by atoms with Crippen molar-refractivity contribution in [3.05, 3.63) is 11.6 Å². The van der Waals surface area contributed by atoms with Gasteiger partial charge in [0, 0.05) is 31.8 Å². The van der Waals surface area contributed by atoms with Gasteiger partial charge in [-0.2, -0.15) is 0 Å². The second-order valence-electron chi connectivity index (χ2n) is 10.5. The molecule has 2 aliphatic rings. The molecule has 0 unspecified atom stereocenters. The van der Waals surface area contributed by atoms with Crippen molar-refractivity contribution < 1.29 is 43.6 Å². The van der Waals surface area contributed by atoms with E-state index < -0.39 is 58.3 Å². The largest absolute Gasteiger partial charge is 0.459 e. The Morgan fingerprint density at radius 1 is 1.12 bits per heavy atom. The van der Waals surface area contributed by atoms with Gasteiger partial charge in [-0.05, 0) is 52.9 Å². The number of rotatable bonds is 6. The molecule has 2 N–H and O–H groups in total. The first-order valence-corrected chi connectivity index (χ1v) is 11.1. The van der Waals surface area contributed by atoms with Gasteiger partial charge in [-0.15, -0.1) is 0 Å². The Kier molecular flexibility index (Phi) is 7.22. The summed E-state index contributed by atoms with van der Waals surface area (Å²) >= 11 is 0. The van der Waals surface area contributed by atoms with Gasteiger partial charge in [-0.3, -0.25) is 14.4 Å². The summed E-state index contributed by atoms with van der Waals surface area (Å²) in [4.78, 5) is 49.1. The second-order valence-corrected chi connectivity index (χ2v) is 10.5. The molecule has 9 nitrogen and oxygen atoms in total. The maximum Gasteiger partial charge on any atom is 0.342 e. The molecular formula is C24H36O9. The summed E-state index contributed by atoms with van der Waals surface area (Å²) in [6, 6.07) is 0. The van der Waals surface area contributed by atoms with E-state index >= 15 is 0 Å². The van der Waals surface area contributed by atoms with Crippen molar-refractivity contribution in [3.8, 4) is 0 Å². The molecule has 0 aromatic rings. The first kappa shape index (κ1) is 27.0. The van der Waals surface area contributed by atoms with Gasteiger partial charge in [0.05, 0.1) is 5.60 Å².